The fraction of sp³-hybridized carbons (Fsp3) is 0.250. The molecule has 0 bridgehead atoms. The average Bonchev–Trinajstić information content (AvgIpc) is 2.26. The molecule has 1 atom stereocenters. The summed E-state index contributed by atoms with van der Waals surface area (Å²) in [6.45, 7) is 0. The maximum atomic E-state index is 12.6. The zero-order valence-corrected chi connectivity index (χ0v) is 10.9. The number of benzene rings is 1. The van der Waals surface area contributed by atoms with Crippen molar-refractivity contribution in [2.45, 2.75) is 18.5 Å². The first-order valence-corrected chi connectivity index (χ1v) is 5.87. The summed E-state index contributed by atoms with van der Waals surface area (Å²) in [5, 5.41) is 8.75. The Labute approximate surface area is 117 Å². The average molecular weight is 313 g/mol. The van der Waals surface area contributed by atoms with Crippen molar-refractivity contribution in [3.8, 4) is 0 Å². The van der Waals surface area contributed by atoms with Gasteiger partial charge in [-0.05, 0) is 17.7 Å². The molecule has 1 aromatic rings. The van der Waals surface area contributed by atoms with Crippen molar-refractivity contribution >= 4 is 29.2 Å². The van der Waals surface area contributed by atoms with Gasteiger partial charge in [0.1, 0.15) is 4.49 Å². The van der Waals surface area contributed by atoms with Crippen LogP contribution >= 0.6 is 23.2 Å². The molecular formula is C12H9Cl2F3O2. The summed E-state index contributed by atoms with van der Waals surface area (Å²) >= 11 is 10.9. The standard InChI is InChI=1S/C12H9Cl2F3O2/c13-10(14)5-8(6-11(18)19)7-2-1-3-9(4-7)12(15,16)17/h1-5,8H,6H2,(H,18,19). The molecule has 0 aromatic heterocycles. The van der Waals surface area contributed by atoms with Crippen LogP contribution in [0, 0.1) is 0 Å². The van der Waals surface area contributed by atoms with Crippen molar-refractivity contribution in [2.24, 2.45) is 0 Å². The lowest BCUT2D eigenvalue weighted by Crippen LogP contribution is -2.08. The van der Waals surface area contributed by atoms with Crippen LogP contribution in [0.25, 0.3) is 0 Å². The minimum Gasteiger partial charge on any atom is -0.481 e. The van der Waals surface area contributed by atoms with Gasteiger partial charge in [0.05, 0.1) is 12.0 Å². The van der Waals surface area contributed by atoms with E-state index in [1.807, 2.05) is 0 Å². The second-order valence-corrected chi connectivity index (χ2v) is 4.79. The van der Waals surface area contributed by atoms with Gasteiger partial charge in [0.25, 0.3) is 0 Å². The Bertz CT molecular complexity index is 494. The lowest BCUT2D eigenvalue weighted by molar-refractivity contribution is -0.137. The maximum Gasteiger partial charge on any atom is 0.416 e. The number of alkyl halides is 3. The highest BCUT2D eigenvalue weighted by molar-refractivity contribution is 6.55. The minimum atomic E-state index is -4.49. The second-order valence-electron chi connectivity index (χ2n) is 3.78. The number of rotatable bonds is 4. The van der Waals surface area contributed by atoms with Crippen LogP contribution < -0.4 is 0 Å². The Balaban J connectivity index is 3.16. The lowest BCUT2D eigenvalue weighted by atomic mass is 9.94. The molecular weight excluding hydrogens is 304 g/mol. The number of hydrogen-bond donors (Lipinski definition) is 1. The molecule has 0 aliphatic heterocycles. The molecule has 0 spiro atoms. The van der Waals surface area contributed by atoms with Crippen molar-refractivity contribution < 1.29 is 23.1 Å². The van der Waals surface area contributed by atoms with Crippen molar-refractivity contribution in [3.05, 3.63) is 46.0 Å². The summed E-state index contributed by atoms with van der Waals surface area (Å²) in [4.78, 5) is 10.7. The third-order valence-electron chi connectivity index (χ3n) is 2.36. The largest absolute Gasteiger partial charge is 0.481 e. The Morgan fingerprint density at radius 2 is 2.00 bits per heavy atom. The van der Waals surface area contributed by atoms with Gasteiger partial charge in [-0.1, -0.05) is 41.4 Å². The van der Waals surface area contributed by atoms with Crippen LogP contribution in [0.1, 0.15) is 23.5 Å². The number of carboxylic acid groups (broad SMARTS) is 1. The number of aliphatic carboxylic acids is 1. The maximum absolute atomic E-state index is 12.6. The number of carbonyl (C=O) groups is 1. The smallest absolute Gasteiger partial charge is 0.416 e. The summed E-state index contributed by atoms with van der Waals surface area (Å²) in [7, 11) is 0. The van der Waals surface area contributed by atoms with Crippen LogP contribution in [0.5, 0.6) is 0 Å². The normalized spacial score (nSPS) is 12.9. The first-order valence-electron chi connectivity index (χ1n) is 5.12. The second kappa shape index (κ2) is 6.30. The predicted octanol–water partition coefficient (Wildman–Crippen LogP) is 4.58. The zero-order valence-electron chi connectivity index (χ0n) is 9.42. The molecule has 104 valence electrons. The Morgan fingerprint density at radius 3 is 2.47 bits per heavy atom. The molecule has 0 aliphatic carbocycles. The highest BCUT2D eigenvalue weighted by Gasteiger charge is 2.31. The van der Waals surface area contributed by atoms with Gasteiger partial charge in [0.2, 0.25) is 0 Å². The van der Waals surface area contributed by atoms with E-state index in [4.69, 9.17) is 28.3 Å². The fourth-order valence-corrected chi connectivity index (χ4v) is 1.86. The van der Waals surface area contributed by atoms with Crippen LogP contribution in [-0.4, -0.2) is 11.1 Å². The van der Waals surface area contributed by atoms with E-state index in [1.54, 1.807) is 0 Å². The van der Waals surface area contributed by atoms with Gasteiger partial charge in [-0.3, -0.25) is 4.79 Å². The molecule has 1 N–H and O–H groups in total. The van der Waals surface area contributed by atoms with Gasteiger partial charge in [-0.25, -0.2) is 0 Å². The monoisotopic (exact) mass is 312 g/mol. The van der Waals surface area contributed by atoms with E-state index in [1.165, 1.54) is 18.2 Å². The van der Waals surface area contributed by atoms with Gasteiger partial charge in [-0.15, -0.1) is 0 Å². The SMILES string of the molecule is O=C(O)CC(C=C(Cl)Cl)c1cccc(C(F)(F)F)c1. The van der Waals surface area contributed by atoms with Crippen molar-refractivity contribution in [2.75, 3.05) is 0 Å². The van der Waals surface area contributed by atoms with Gasteiger partial charge in [0.15, 0.2) is 0 Å². The van der Waals surface area contributed by atoms with Crippen LogP contribution in [0.3, 0.4) is 0 Å². The van der Waals surface area contributed by atoms with Gasteiger partial charge < -0.3 is 5.11 Å². The number of hydrogen-bond acceptors (Lipinski definition) is 1. The van der Waals surface area contributed by atoms with E-state index >= 15 is 0 Å². The highest BCUT2D eigenvalue weighted by atomic mass is 35.5. The zero-order chi connectivity index (χ0) is 14.6. The molecule has 0 radical (unpaired) electrons. The first-order chi connectivity index (χ1) is 8.70. The van der Waals surface area contributed by atoms with Crippen molar-refractivity contribution in [1.82, 2.24) is 0 Å². The molecule has 0 saturated heterocycles. The Morgan fingerprint density at radius 1 is 1.37 bits per heavy atom. The lowest BCUT2D eigenvalue weighted by Gasteiger charge is -2.14. The molecule has 0 amide bonds. The van der Waals surface area contributed by atoms with Crippen molar-refractivity contribution in [3.63, 3.8) is 0 Å². The molecule has 2 nitrogen and oxygen atoms in total. The number of halogens is 5. The molecule has 1 unspecified atom stereocenters. The molecule has 0 fully saturated rings. The van der Waals surface area contributed by atoms with Crippen molar-refractivity contribution in [1.29, 1.82) is 0 Å². The van der Waals surface area contributed by atoms with Gasteiger partial charge >= 0.3 is 12.1 Å². The predicted molar refractivity (Wildman–Crippen MR) is 66.2 cm³/mol. The van der Waals surface area contributed by atoms with Gasteiger partial charge in [0, 0.05) is 5.92 Å². The highest BCUT2D eigenvalue weighted by Crippen LogP contribution is 2.33. The summed E-state index contributed by atoms with van der Waals surface area (Å²) in [6.07, 6.45) is -3.69. The van der Waals surface area contributed by atoms with E-state index in [0.717, 1.165) is 12.1 Å². The van der Waals surface area contributed by atoms with Crippen LogP contribution in [-0.2, 0) is 11.0 Å². The quantitative estimate of drug-likeness (QED) is 0.883. The molecule has 1 aromatic carbocycles. The molecule has 0 aliphatic rings. The van der Waals surface area contributed by atoms with Gasteiger partial charge in [-0.2, -0.15) is 13.2 Å². The molecule has 7 heteroatoms. The van der Waals surface area contributed by atoms with E-state index in [0.29, 0.717) is 0 Å². The van der Waals surface area contributed by atoms with Crippen LogP contribution in [0.4, 0.5) is 13.2 Å². The van der Waals surface area contributed by atoms with E-state index < -0.39 is 30.0 Å². The summed E-state index contributed by atoms with van der Waals surface area (Å²) in [5.74, 6) is -1.97. The minimum absolute atomic E-state index is 0.191. The Kier molecular flexibility index (Phi) is 5.26. The van der Waals surface area contributed by atoms with Crippen LogP contribution in [0.2, 0.25) is 0 Å². The number of carboxylic acids is 1. The van der Waals surface area contributed by atoms with E-state index in [9.17, 15) is 18.0 Å². The van der Waals surface area contributed by atoms with E-state index in [2.05, 4.69) is 0 Å². The third kappa shape index (κ3) is 5.12. The van der Waals surface area contributed by atoms with E-state index in [-0.39, 0.29) is 10.1 Å². The van der Waals surface area contributed by atoms with Crippen LogP contribution in [0.15, 0.2) is 34.8 Å². The summed E-state index contributed by atoms with van der Waals surface area (Å²) in [6, 6.07) is 4.41. The fourth-order valence-electron chi connectivity index (χ4n) is 1.56. The molecule has 1 rings (SSSR count). The first kappa shape index (κ1) is 15.9. The molecule has 0 saturated carbocycles. The third-order valence-corrected chi connectivity index (χ3v) is 2.62. The molecule has 0 heterocycles. The Hall–Kier alpha value is -1.20. The topological polar surface area (TPSA) is 37.3 Å². The number of allylic oxidation sites excluding steroid dienone is 1. The summed E-state index contributed by atoms with van der Waals surface area (Å²) in [5.41, 5.74) is -0.657. The molecule has 19 heavy (non-hydrogen) atoms. The summed E-state index contributed by atoms with van der Waals surface area (Å²) < 4.78 is 37.5.